The van der Waals surface area contributed by atoms with Crippen LogP contribution in [0.4, 0.5) is 0 Å². The fourth-order valence-corrected chi connectivity index (χ4v) is 2.61. The van der Waals surface area contributed by atoms with Gasteiger partial charge in [0.1, 0.15) is 0 Å². The number of halogens is 1. The zero-order chi connectivity index (χ0) is 12.7. The number of hydrogen-bond acceptors (Lipinski definition) is 3. The van der Waals surface area contributed by atoms with E-state index in [1.165, 1.54) is 6.26 Å². The van der Waals surface area contributed by atoms with Gasteiger partial charge in [-0.3, -0.25) is 4.79 Å². The van der Waals surface area contributed by atoms with Gasteiger partial charge in [-0.25, -0.2) is 4.98 Å². The zero-order valence-corrected chi connectivity index (χ0v) is 11.5. The van der Waals surface area contributed by atoms with Crippen LogP contribution in [0.1, 0.15) is 21.9 Å². The Kier molecular flexibility index (Phi) is 2.74. The SMILES string of the molecule is Cn1c(Br)nc2c1CN(C(=O)c1ccco1)CC2. The third-order valence-corrected chi connectivity index (χ3v) is 3.93. The topological polar surface area (TPSA) is 51.3 Å². The minimum Gasteiger partial charge on any atom is -0.459 e. The average molecular weight is 310 g/mol. The lowest BCUT2D eigenvalue weighted by Gasteiger charge is -2.26. The second kappa shape index (κ2) is 4.28. The molecule has 1 amide bonds. The summed E-state index contributed by atoms with van der Waals surface area (Å²) in [6.45, 7) is 1.25. The van der Waals surface area contributed by atoms with Crippen molar-refractivity contribution in [2.45, 2.75) is 13.0 Å². The van der Waals surface area contributed by atoms with E-state index in [1.807, 2.05) is 11.6 Å². The summed E-state index contributed by atoms with van der Waals surface area (Å²) in [5.41, 5.74) is 2.14. The number of aromatic nitrogens is 2. The Morgan fingerprint density at radius 1 is 1.56 bits per heavy atom. The molecule has 0 aliphatic carbocycles. The molecule has 6 heteroatoms. The Morgan fingerprint density at radius 3 is 3.11 bits per heavy atom. The van der Waals surface area contributed by atoms with Crippen LogP contribution in [-0.2, 0) is 20.0 Å². The van der Waals surface area contributed by atoms with Crippen LogP contribution >= 0.6 is 15.9 Å². The molecule has 2 aromatic rings. The van der Waals surface area contributed by atoms with Crippen molar-refractivity contribution < 1.29 is 9.21 Å². The molecular weight excluding hydrogens is 298 g/mol. The molecular formula is C12H12BrN3O2. The first kappa shape index (κ1) is 11.5. The summed E-state index contributed by atoms with van der Waals surface area (Å²) >= 11 is 3.40. The van der Waals surface area contributed by atoms with E-state index in [0.717, 1.165) is 22.5 Å². The van der Waals surface area contributed by atoms with Gasteiger partial charge in [-0.05, 0) is 28.1 Å². The van der Waals surface area contributed by atoms with Gasteiger partial charge in [0, 0.05) is 20.0 Å². The van der Waals surface area contributed by atoms with Crippen LogP contribution < -0.4 is 0 Å². The van der Waals surface area contributed by atoms with Gasteiger partial charge in [0.2, 0.25) is 0 Å². The highest BCUT2D eigenvalue weighted by molar-refractivity contribution is 9.10. The van der Waals surface area contributed by atoms with Crippen molar-refractivity contribution in [1.29, 1.82) is 0 Å². The molecule has 94 valence electrons. The number of nitrogens with zero attached hydrogens (tertiary/aromatic N) is 3. The van der Waals surface area contributed by atoms with Gasteiger partial charge < -0.3 is 13.9 Å². The normalized spacial score (nSPS) is 14.7. The van der Waals surface area contributed by atoms with Crippen LogP contribution in [0.2, 0.25) is 0 Å². The Balaban J connectivity index is 1.87. The lowest BCUT2D eigenvalue weighted by molar-refractivity contribution is 0.0697. The van der Waals surface area contributed by atoms with Gasteiger partial charge in [-0.2, -0.15) is 0 Å². The second-order valence-electron chi connectivity index (χ2n) is 4.29. The maximum absolute atomic E-state index is 12.2. The van der Waals surface area contributed by atoms with Gasteiger partial charge in [-0.15, -0.1) is 0 Å². The highest BCUT2D eigenvalue weighted by Gasteiger charge is 2.26. The summed E-state index contributed by atoms with van der Waals surface area (Å²) < 4.78 is 7.92. The van der Waals surface area contributed by atoms with Crippen LogP contribution in [0.15, 0.2) is 27.5 Å². The molecule has 0 fully saturated rings. The maximum atomic E-state index is 12.2. The number of imidazole rings is 1. The third kappa shape index (κ3) is 1.77. The van der Waals surface area contributed by atoms with Crippen molar-refractivity contribution in [3.63, 3.8) is 0 Å². The van der Waals surface area contributed by atoms with Crippen LogP contribution in [0, 0.1) is 0 Å². The molecule has 0 aromatic carbocycles. The average Bonchev–Trinajstić information content (AvgIpc) is 2.99. The van der Waals surface area contributed by atoms with Gasteiger partial charge >= 0.3 is 0 Å². The quantitative estimate of drug-likeness (QED) is 0.809. The first-order valence-electron chi connectivity index (χ1n) is 5.69. The first-order valence-corrected chi connectivity index (χ1v) is 6.49. The fraction of sp³-hybridized carbons (Fsp3) is 0.333. The predicted octanol–water partition coefficient (Wildman–Crippen LogP) is 1.97. The molecule has 0 unspecified atom stereocenters. The number of furan rings is 1. The van der Waals surface area contributed by atoms with Crippen LogP contribution in [0.5, 0.6) is 0 Å². The molecule has 3 heterocycles. The summed E-state index contributed by atoms with van der Waals surface area (Å²) in [5, 5.41) is 0. The van der Waals surface area contributed by atoms with E-state index in [1.54, 1.807) is 17.0 Å². The van der Waals surface area contributed by atoms with Crippen molar-refractivity contribution in [3.8, 4) is 0 Å². The Labute approximate surface area is 113 Å². The summed E-state index contributed by atoms with van der Waals surface area (Å²) in [6, 6.07) is 3.42. The lowest BCUT2D eigenvalue weighted by atomic mass is 10.1. The summed E-state index contributed by atoms with van der Waals surface area (Å²) in [7, 11) is 1.94. The molecule has 5 nitrogen and oxygen atoms in total. The van der Waals surface area contributed by atoms with Crippen molar-refractivity contribution >= 4 is 21.8 Å². The Bertz CT molecular complexity index is 589. The van der Waals surface area contributed by atoms with Crippen LogP contribution in [0.25, 0.3) is 0 Å². The number of hydrogen-bond donors (Lipinski definition) is 0. The molecule has 0 saturated heterocycles. The maximum Gasteiger partial charge on any atom is 0.289 e. The Hall–Kier alpha value is -1.56. The smallest absolute Gasteiger partial charge is 0.289 e. The van der Waals surface area contributed by atoms with Crippen molar-refractivity contribution in [1.82, 2.24) is 14.5 Å². The van der Waals surface area contributed by atoms with E-state index in [-0.39, 0.29) is 5.91 Å². The van der Waals surface area contributed by atoms with Crippen molar-refractivity contribution in [2.75, 3.05) is 6.54 Å². The van der Waals surface area contributed by atoms with E-state index in [0.29, 0.717) is 18.8 Å². The second-order valence-corrected chi connectivity index (χ2v) is 5.00. The molecule has 0 saturated carbocycles. The van der Waals surface area contributed by atoms with Gasteiger partial charge in [0.25, 0.3) is 5.91 Å². The molecule has 0 spiro atoms. The molecule has 1 aliphatic rings. The number of fused-ring (bicyclic) bond motifs is 1. The monoisotopic (exact) mass is 309 g/mol. The lowest BCUT2D eigenvalue weighted by Crippen LogP contribution is -2.36. The minimum absolute atomic E-state index is 0.0667. The number of carbonyl (C=O) groups excluding carboxylic acids is 1. The highest BCUT2D eigenvalue weighted by Crippen LogP contribution is 2.23. The molecule has 0 atom stereocenters. The van der Waals surface area contributed by atoms with Crippen molar-refractivity contribution in [2.24, 2.45) is 7.05 Å². The number of carbonyl (C=O) groups is 1. The van der Waals surface area contributed by atoms with E-state index >= 15 is 0 Å². The van der Waals surface area contributed by atoms with E-state index in [2.05, 4.69) is 20.9 Å². The van der Waals surface area contributed by atoms with E-state index in [9.17, 15) is 4.79 Å². The fourth-order valence-electron chi connectivity index (χ4n) is 2.18. The minimum atomic E-state index is -0.0667. The van der Waals surface area contributed by atoms with Crippen LogP contribution in [-0.4, -0.2) is 26.9 Å². The zero-order valence-electron chi connectivity index (χ0n) is 9.89. The molecule has 3 rings (SSSR count). The molecule has 0 radical (unpaired) electrons. The molecule has 0 N–H and O–H groups in total. The highest BCUT2D eigenvalue weighted by atomic mass is 79.9. The standard InChI is InChI=1S/C12H12BrN3O2/c1-15-9-7-16(5-4-8(9)14-12(15)13)11(17)10-3-2-6-18-10/h2-3,6H,4-5,7H2,1H3. The van der Waals surface area contributed by atoms with Gasteiger partial charge in [0.05, 0.1) is 24.2 Å². The third-order valence-electron chi connectivity index (χ3n) is 3.22. The Morgan fingerprint density at radius 2 is 2.39 bits per heavy atom. The van der Waals surface area contributed by atoms with E-state index in [4.69, 9.17) is 4.42 Å². The predicted molar refractivity (Wildman–Crippen MR) is 68.1 cm³/mol. The molecule has 1 aliphatic heterocycles. The molecule has 0 bridgehead atoms. The van der Waals surface area contributed by atoms with Gasteiger partial charge in [0.15, 0.2) is 10.5 Å². The molecule has 2 aromatic heterocycles. The number of amides is 1. The molecule has 18 heavy (non-hydrogen) atoms. The number of rotatable bonds is 1. The van der Waals surface area contributed by atoms with E-state index < -0.39 is 0 Å². The van der Waals surface area contributed by atoms with Gasteiger partial charge in [-0.1, -0.05) is 0 Å². The summed E-state index contributed by atoms with van der Waals surface area (Å²) in [4.78, 5) is 18.4. The van der Waals surface area contributed by atoms with Crippen molar-refractivity contribution in [3.05, 3.63) is 40.3 Å². The summed E-state index contributed by atoms with van der Waals surface area (Å²) in [6.07, 6.45) is 2.30. The first-order chi connectivity index (χ1) is 8.66. The summed E-state index contributed by atoms with van der Waals surface area (Å²) in [5.74, 6) is 0.322. The van der Waals surface area contributed by atoms with Crippen LogP contribution in [0.3, 0.4) is 0 Å². The largest absolute Gasteiger partial charge is 0.459 e.